The Bertz CT molecular complexity index is 810. The topological polar surface area (TPSA) is 65.2 Å². The number of hydrogen-bond acceptors (Lipinski definition) is 5. The van der Waals surface area contributed by atoms with Crippen LogP contribution in [0.25, 0.3) is 11.5 Å². The molecule has 3 rings (SSSR count). The van der Waals surface area contributed by atoms with E-state index in [1.165, 1.54) is 12.7 Å². The first kappa shape index (κ1) is 16.9. The van der Waals surface area contributed by atoms with Crippen LogP contribution in [0.5, 0.6) is 0 Å². The summed E-state index contributed by atoms with van der Waals surface area (Å²) in [6.45, 7) is 0. The van der Waals surface area contributed by atoms with Crippen molar-refractivity contribution in [2.75, 3.05) is 7.11 Å². The predicted molar refractivity (Wildman–Crippen MR) is 94.2 cm³/mol. The second-order valence-electron chi connectivity index (χ2n) is 5.76. The van der Waals surface area contributed by atoms with Crippen LogP contribution in [0.15, 0.2) is 59.0 Å². The molecule has 0 aliphatic carbocycles. The number of methoxy groups -OCH3 is 1. The Morgan fingerprint density at radius 1 is 0.960 bits per heavy atom. The van der Waals surface area contributed by atoms with Crippen LogP contribution in [0, 0.1) is 0 Å². The van der Waals surface area contributed by atoms with Gasteiger partial charge in [0.25, 0.3) is 0 Å². The lowest BCUT2D eigenvalue weighted by Gasteiger charge is -2.00. The van der Waals surface area contributed by atoms with Crippen LogP contribution in [0.2, 0.25) is 0 Å². The molecule has 0 amide bonds. The maximum Gasteiger partial charge on any atom is 0.337 e. The number of esters is 1. The van der Waals surface area contributed by atoms with Gasteiger partial charge in [0.15, 0.2) is 0 Å². The van der Waals surface area contributed by atoms with Gasteiger partial charge in [0.05, 0.1) is 12.7 Å². The number of aryl methyl sites for hydroxylation is 2. The van der Waals surface area contributed by atoms with Crippen LogP contribution in [0.1, 0.15) is 34.7 Å². The molecular weight excluding hydrogens is 316 g/mol. The first-order valence-electron chi connectivity index (χ1n) is 8.31. The number of hydrogen-bond donors (Lipinski definition) is 0. The normalized spacial score (nSPS) is 10.6. The third-order valence-corrected chi connectivity index (χ3v) is 3.97. The summed E-state index contributed by atoms with van der Waals surface area (Å²) in [5.74, 6) is 0.741. The highest BCUT2D eigenvalue weighted by Crippen LogP contribution is 2.19. The van der Waals surface area contributed by atoms with Gasteiger partial charge >= 0.3 is 5.97 Å². The SMILES string of the molecule is COC(=O)c1ccc(-c2nnc(CCCCc3ccccc3)o2)cc1. The summed E-state index contributed by atoms with van der Waals surface area (Å²) in [5.41, 5.74) is 2.63. The standard InChI is InChI=1S/C20H20N2O3/c1-24-20(23)17-13-11-16(12-14-17)19-22-21-18(25-19)10-6-5-9-15-7-3-2-4-8-15/h2-4,7-8,11-14H,5-6,9-10H2,1H3. The average Bonchev–Trinajstić information content (AvgIpc) is 3.14. The first-order chi connectivity index (χ1) is 12.3. The van der Waals surface area contributed by atoms with Crippen LogP contribution in [-0.4, -0.2) is 23.3 Å². The second kappa shape index (κ2) is 8.24. The van der Waals surface area contributed by atoms with Gasteiger partial charge in [-0.05, 0) is 49.1 Å². The van der Waals surface area contributed by atoms with Gasteiger partial charge in [-0.25, -0.2) is 4.79 Å². The van der Waals surface area contributed by atoms with Crippen LogP contribution >= 0.6 is 0 Å². The minimum atomic E-state index is -0.365. The summed E-state index contributed by atoms with van der Waals surface area (Å²) >= 11 is 0. The van der Waals surface area contributed by atoms with Crippen molar-refractivity contribution in [2.45, 2.75) is 25.7 Å². The van der Waals surface area contributed by atoms with E-state index in [9.17, 15) is 4.79 Å². The number of unbranched alkanes of at least 4 members (excludes halogenated alkanes) is 1. The van der Waals surface area contributed by atoms with Crippen molar-refractivity contribution in [2.24, 2.45) is 0 Å². The monoisotopic (exact) mass is 336 g/mol. The summed E-state index contributed by atoms with van der Waals surface area (Å²) in [6.07, 6.45) is 3.89. The molecule has 0 fully saturated rings. The zero-order valence-electron chi connectivity index (χ0n) is 14.1. The van der Waals surface area contributed by atoms with Crippen molar-refractivity contribution in [3.05, 3.63) is 71.6 Å². The Kier molecular flexibility index (Phi) is 5.57. The molecule has 0 aliphatic heterocycles. The van der Waals surface area contributed by atoms with Crippen molar-refractivity contribution in [1.29, 1.82) is 0 Å². The summed E-state index contributed by atoms with van der Waals surface area (Å²) < 4.78 is 10.4. The molecule has 2 aromatic carbocycles. The molecular formula is C20H20N2O3. The second-order valence-corrected chi connectivity index (χ2v) is 5.76. The lowest BCUT2D eigenvalue weighted by molar-refractivity contribution is 0.0600. The van der Waals surface area contributed by atoms with Gasteiger partial charge in [-0.1, -0.05) is 30.3 Å². The molecule has 3 aromatic rings. The van der Waals surface area contributed by atoms with Crippen molar-refractivity contribution in [3.8, 4) is 11.5 Å². The third kappa shape index (κ3) is 4.53. The Hall–Kier alpha value is -2.95. The Morgan fingerprint density at radius 3 is 2.40 bits per heavy atom. The number of benzene rings is 2. The van der Waals surface area contributed by atoms with E-state index in [1.807, 2.05) is 6.07 Å². The molecule has 25 heavy (non-hydrogen) atoms. The molecule has 0 saturated heterocycles. The van der Waals surface area contributed by atoms with Crippen molar-refractivity contribution in [1.82, 2.24) is 10.2 Å². The van der Waals surface area contributed by atoms with Gasteiger partial charge in [0, 0.05) is 12.0 Å². The Balaban J connectivity index is 1.52. The predicted octanol–water partition coefficient (Wildman–Crippen LogP) is 4.09. The van der Waals surface area contributed by atoms with E-state index in [1.54, 1.807) is 24.3 Å². The molecule has 0 saturated carbocycles. The molecule has 1 heterocycles. The van der Waals surface area contributed by atoms with Gasteiger partial charge in [0.2, 0.25) is 11.8 Å². The highest BCUT2D eigenvalue weighted by molar-refractivity contribution is 5.89. The van der Waals surface area contributed by atoms with Crippen molar-refractivity contribution in [3.63, 3.8) is 0 Å². The zero-order valence-corrected chi connectivity index (χ0v) is 14.1. The molecule has 0 radical (unpaired) electrons. The molecule has 0 unspecified atom stereocenters. The minimum absolute atomic E-state index is 0.365. The van der Waals surface area contributed by atoms with Crippen molar-refractivity contribution >= 4 is 5.97 Å². The minimum Gasteiger partial charge on any atom is -0.465 e. The molecule has 0 aliphatic rings. The van der Waals surface area contributed by atoms with Gasteiger partial charge in [0.1, 0.15) is 0 Å². The number of carbonyl (C=O) groups excluding carboxylic acids is 1. The van der Waals surface area contributed by atoms with Crippen LogP contribution in [0.4, 0.5) is 0 Å². The number of aromatic nitrogens is 2. The van der Waals surface area contributed by atoms with E-state index < -0.39 is 0 Å². The van der Waals surface area contributed by atoms with E-state index in [0.717, 1.165) is 31.2 Å². The average molecular weight is 336 g/mol. The van der Waals surface area contributed by atoms with Gasteiger partial charge in [-0.3, -0.25) is 0 Å². The molecule has 0 bridgehead atoms. The summed E-state index contributed by atoms with van der Waals surface area (Å²) in [7, 11) is 1.36. The Morgan fingerprint density at radius 2 is 1.68 bits per heavy atom. The maximum absolute atomic E-state index is 11.4. The first-order valence-corrected chi connectivity index (χ1v) is 8.31. The lowest BCUT2D eigenvalue weighted by atomic mass is 10.1. The van der Waals surface area contributed by atoms with E-state index in [0.29, 0.717) is 17.3 Å². The summed E-state index contributed by atoms with van der Waals surface area (Å²) in [6, 6.07) is 17.4. The smallest absolute Gasteiger partial charge is 0.337 e. The molecule has 0 atom stereocenters. The summed E-state index contributed by atoms with van der Waals surface area (Å²) in [4.78, 5) is 11.4. The van der Waals surface area contributed by atoms with Crippen LogP contribution in [0.3, 0.4) is 0 Å². The number of ether oxygens (including phenoxy) is 1. The highest BCUT2D eigenvalue weighted by atomic mass is 16.5. The largest absolute Gasteiger partial charge is 0.465 e. The van der Waals surface area contributed by atoms with E-state index in [2.05, 4.69) is 39.2 Å². The van der Waals surface area contributed by atoms with E-state index in [4.69, 9.17) is 4.42 Å². The fraction of sp³-hybridized carbons (Fsp3) is 0.250. The van der Waals surface area contributed by atoms with E-state index >= 15 is 0 Å². The van der Waals surface area contributed by atoms with Gasteiger partial charge in [-0.2, -0.15) is 0 Å². The molecule has 128 valence electrons. The van der Waals surface area contributed by atoms with Gasteiger partial charge in [-0.15, -0.1) is 10.2 Å². The van der Waals surface area contributed by atoms with Crippen molar-refractivity contribution < 1.29 is 13.9 Å². The Labute approximate surface area is 146 Å². The van der Waals surface area contributed by atoms with Crippen LogP contribution < -0.4 is 0 Å². The fourth-order valence-electron chi connectivity index (χ4n) is 2.59. The molecule has 0 N–H and O–H groups in total. The summed E-state index contributed by atoms with van der Waals surface area (Å²) in [5, 5.41) is 8.19. The van der Waals surface area contributed by atoms with E-state index in [-0.39, 0.29) is 5.97 Å². The number of carbonyl (C=O) groups is 1. The van der Waals surface area contributed by atoms with Gasteiger partial charge < -0.3 is 9.15 Å². The maximum atomic E-state index is 11.4. The molecule has 1 aromatic heterocycles. The van der Waals surface area contributed by atoms with Crippen LogP contribution in [-0.2, 0) is 17.6 Å². The quantitative estimate of drug-likeness (QED) is 0.480. The number of rotatable bonds is 7. The number of nitrogens with zero attached hydrogens (tertiary/aromatic N) is 2. The molecule has 0 spiro atoms. The lowest BCUT2D eigenvalue weighted by Crippen LogP contribution is -2.00. The molecule has 5 nitrogen and oxygen atoms in total. The third-order valence-electron chi connectivity index (χ3n) is 3.97. The molecule has 5 heteroatoms. The fourth-order valence-corrected chi connectivity index (χ4v) is 2.59. The highest BCUT2D eigenvalue weighted by Gasteiger charge is 2.10. The zero-order chi connectivity index (χ0) is 17.5.